The molecule has 0 fully saturated rings. The normalized spacial score (nSPS) is 12.0. The Morgan fingerprint density at radius 2 is 1.49 bits per heavy atom. The van der Waals surface area contributed by atoms with E-state index in [1.807, 2.05) is 0 Å². The molecule has 8 nitrogen and oxygen atoms in total. The summed E-state index contributed by atoms with van der Waals surface area (Å²) in [7, 11) is -4.35. The van der Waals surface area contributed by atoms with Crippen molar-refractivity contribution in [1.29, 1.82) is 0 Å². The van der Waals surface area contributed by atoms with Gasteiger partial charge in [-0.05, 0) is 54.4 Å². The van der Waals surface area contributed by atoms with Gasteiger partial charge in [0.15, 0.2) is 0 Å². The minimum absolute atomic E-state index is 0.0355. The summed E-state index contributed by atoms with van der Waals surface area (Å²) < 4.78 is 84.6. The zero-order chi connectivity index (χ0) is 25.5. The molecule has 0 saturated heterocycles. The standard InChI is InChI=1S/C22H15F4N3O5S/c1-11-8-16-17(28-21(31)20(30)27-16)10-19(11)35(32,33)29-14-6-7-15(12-2-4-13(23)5-3-12)18(9-14)34-22(24,25)26/h2-10,29H,1H3,(H,27,30)(H,28,31). The second-order valence-corrected chi connectivity index (χ2v) is 9.09. The summed E-state index contributed by atoms with van der Waals surface area (Å²) in [6.45, 7) is 1.44. The van der Waals surface area contributed by atoms with E-state index in [9.17, 15) is 35.6 Å². The molecule has 13 heteroatoms. The van der Waals surface area contributed by atoms with E-state index in [0.29, 0.717) is 0 Å². The van der Waals surface area contributed by atoms with Gasteiger partial charge in [0.1, 0.15) is 11.6 Å². The van der Waals surface area contributed by atoms with Crippen LogP contribution in [-0.4, -0.2) is 24.7 Å². The van der Waals surface area contributed by atoms with Gasteiger partial charge in [0, 0.05) is 11.6 Å². The molecule has 4 aromatic rings. The maximum atomic E-state index is 13.2. The van der Waals surface area contributed by atoms with Gasteiger partial charge in [-0.1, -0.05) is 12.1 Å². The maximum absolute atomic E-state index is 13.2. The topological polar surface area (TPSA) is 121 Å². The van der Waals surface area contributed by atoms with Crippen molar-refractivity contribution in [3.05, 3.63) is 86.7 Å². The Morgan fingerprint density at radius 1 is 0.886 bits per heavy atom. The Hall–Kier alpha value is -4.13. The van der Waals surface area contributed by atoms with Gasteiger partial charge >= 0.3 is 17.5 Å². The first-order valence-electron chi connectivity index (χ1n) is 9.78. The highest BCUT2D eigenvalue weighted by Gasteiger charge is 2.32. The fraction of sp³-hybridized carbons (Fsp3) is 0.0909. The predicted octanol–water partition coefficient (Wildman–Crippen LogP) is 4.03. The fourth-order valence-corrected chi connectivity index (χ4v) is 4.72. The van der Waals surface area contributed by atoms with Gasteiger partial charge in [0.2, 0.25) is 0 Å². The summed E-state index contributed by atoms with van der Waals surface area (Å²) in [5, 5.41) is 0. The van der Waals surface area contributed by atoms with Crippen LogP contribution < -0.4 is 20.6 Å². The molecule has 0 aliphatic carbocycles. The van der Waals surface area contributed by atoms with E-state index < -0.39 is 39.1 Å². The number of halogens is 4. The van der Waals surface area contributed by atoms with Crippen LogP contribution >= 0.6 is 0 Å². The van der Waals surface area contributed by atoms with Gasteiger partial charge in [-0.2, -0.15) is 0 Å². The van der Waals surface area contributed by atoms with Crippen molar-refractivity contribution in [2.45, 2.75) is 18.2 Å². The van der Waals surface area contributed by atoms with Crippen LogP contribution in [0.4, 0.5) is 23.2 Å². The smallest absolute Gasteiger partial charge is 0.405 e. The number of hydrogen-bond donors (Lipinski definition) is 3. The molecule has 1 heterocycles. The molecule has 0 atom stereocenters. The van der Waals surface area contributed by atoms with Gasteiger partial charge < -0.3 is 14.7 Å². The van der Waals surface area contributed by atoms with Crippen molar-refractivity contribution >= 4 is 26.7 Å². The van der Waals surface area contributed by atoms with Crippen LogP contribution in [0.25, 0.3) is 22.2 Å². The maximum Gasteiger partial charge on any atom is 0.573 e. The summed E-state index contributed by atoms with van der Waals surface area (Å²) in [6.07, 6.45) is -5.08. The molecule has 0 amide bonds. The van der Waals surface area contributed by atoms with Gasteiger partial charge in [0.25, 0.3) is 10.0 Å². The molecule has 0 unspecified atom stereocenters. The average Bonchev–Trinajstić information content (AvgIpc) is 2.74. The number of aryl methyl sites for hydroxylation is 1. The fourth-order valence-electron chi connectivity index (χ4n) is 3.42. The number of fused-ring (bicyclic) bond motifs is 1. The van der Waals surface area contributed by atoms with E-state index in [4.69, 9.17) is 0 Å². The molecule has 1 aromatic heterocycles. The Labute approximate surface area is 194 Å². The summed E-state index contributed by atoms with van der Waals surface area (Å²) >= 11 is 0. The third kappa shape index (κ3) is 5.19. The van der Waals surface area contributed by atoms with Crippen molar-refractivity contribution in [2.24, 2.45) is 0 Å². The van der Waals surface area contributed by atoms with E-state index in [0.717, 1.165) is 24.3 Å². The van der Waals surface area contributed by atoms with Gasteiger partial charge in [-0.15, -0.1) is 13.2 Å². The van der Waals surface area contributed by atoms with Crippen LogP contribution in [0.15, 0.2) is 69.1 Å². The van der Waals surface area contributed by atoms with Crippen LogP contribution in [0.3, 0.4) is 0 Å². The first-order valence-corrected chi connectivity index (χ1v) is 11.3. The quantitative estimate of drug-likeness (QED) is 0.277. The van der Waals surface area contributed by atoms with E-state index in [-0.39, 0.29) is 38.3 Å². The lowest BCUT2D eigenvalue weighted by Gasteiger charge is -2.16. The first-order chi connectivity index (χ1) is 16.3. The van der Waals surface area contributed by atoms with Crippen LogP contribution in [0, 0.1) is 12.7 Å². The number of aromatic amines is 2. The minimum atomic E-state index is -5.08. The van der Waals surface area contributed by atoms with Crippen molar-refractivity contribution in [3.63, 3.8) is 0 Å². The van der Waals surface area contributed by atoms with Crippen molar-refractivity contribution in [3.8, 4) is 16.9 Å². The number of hydrogen-bond acceptors (Lipinski definition) is 5. The molecule has 3 aromatic carbocycles. The van der Waals surface area contributed by atoms with Crippen molar-refractivity contribution in [2.75, 3.05) is 4.72 Å². The molecule has 35 heavy (non-hydrogen) atoms. The number of aromatic nitrogens is 2. The van der Waals surface area contributed by atoms with Crippen LogP contribution in [0.1, 0.15) is 5.56 Å². The molecule has 0 bridgehead atoms. The molecule has 0 aliphatic rings. The Balaban J connectivity index is 1.76. The lowest BCUT2D eigenvalue weighted by Crippen LogP contribution is -2.29. The number of ether oxygens (including phenoxy) is 1. The highest BCUT2D eigenvalue weighted by molar-refractivity contribution is 7.92. The number of anilines is 1. The average molecular weight is 509 g/mol. The van der Waals surface area contributed by atoms with Crippen molar-refractivity contribution in [1.82, 2.24) is 9.97 Å². The van der Waals surface area contributed by atoms with Gasteiger partial charge in [0.05, 0.1) is 21.6 Å². The minimum Gasteiger partial charge on any atom is -0.405 e. The molecule has 182 valence electrons. The molecule has 3 N–H and O–H groups in total. The Bertz CT molecular complexity index is 1660. The monoisotopic (exact) mass is 509 g/mol. The Kier molecular flexibility index (Phi) is 5.88. The lowest BCUT2D eigenvalue weighted by molar-refractivity contribution is -0.274. The highest BCUT2D eigenvalue weighted by atomic mass is 32.2. The van der Waals surface area contributed by atoms with Crippen LogP contribution in [0.5, 0.6) is 5.75 Å². The summed E-state index contributed by atoms with van der Waals surface area (Å²) in [4.78, 5) is 27.4. The third-order valence-corrected chi connectivity index (χ3v) is 6.45. The van der Waals surface area contributed by atoms with Gasteiger partial charge in [-0.3, -0.25) is 14.3 Å². The summed E-state index contributed by atoms with van der Waals surface area (Å²) in [5.74, 6) is -1.30. The second-order valence-electron chi connectivity index (χ2n) is 7.44. The predicted molar refractivity (Wildman–Crippen MR) is 119 cm³/mol. The molecular weight excluding hydrogens is 494 g/mol. The summed E-state index contributed by atoms with van der Waals surface area (Å²) in [6, 6.07) is 10.3. The van der Waals surface area contributed by atoms with Gasteiger partial charge in [-0.25, -0.2) is 12.8 Å². The number of alkyl halides is 3. The largest absolute Gasteiger partial charge is 0.573 e. The molecule has 0 saturated carbocycles. The van der Waals surface area contributed by atoms with Crippen LogP contribution in [0.2, 0.25) is 0 Å². The summed E-state index contributed by atoms with van der Waals surface area (Å²) in [5.41, 5.74) is -1.56. The first kappa shape index (κ1) is 24.0. The molecule has 0 aliphatic heterocycles. The number of benzene rings is 3. The zero-order valence-electron chi connectivity index (χ0n) is 17.7. The number of rotatable bonds is 5. The number of nitrogens with one attached hydrogen (secondary N) is 3. The van der Waals surface area contributed by atoms with Crippen molar-refractivity contribution < 1.29 is 30.7 Å². The molecular formula is C22H15F4N3O5S. The van der Waals surface area contributed by atoms with E-state index >= 15 is 0 Å². The molecule has 0 radical (unpaired) electrons. The highest BCUT2D eigenvalue weighted by Crippen LogP contribution is 2.37. The lowest BCUT2D eigenvalue weighted by atomic mass is 10.0. The number of H-pyrrole nitrogens is 2. The van der Waals surface area contributed by atoms with E-state index in [2.05, 4.69) is 19.4 Å². The molecule has 4 rings (SSSR count). The number of sulfonamides is 1. The zero-order valence-corrected chi connectivity index (χ0v) is 18.5. The SMILES string of the molecule is Cc1cc2[nH]c(=O)c(=O)[nH]c2cc1S(=O)(=O)Nc1ccc(-c2ccc(F)cc2)c(OC(F)(F)F)c1. The second kappa shape index (κ2) is 8.58. The van der Waals surface area contributed by atoms with Crippen LogP contribution in [-0.2, 0) is 10.0 Å². The van der Waals surface area contributed by atoms with E-state index in [1.165, 1.54) is 37.3 Å². The molecule has 0 spiro atoms. The Morgan fingerprint density at radius 3 is 2.09 bits per heavy atom. The third-order valence-electron chi connectivity index (χ3n) is 4.92. The van der Waals surface area contributed by atoms with E-state index in [1.54, 1.807) is 0 Å².